The predicted molar refractivity (Wildman–Crippen MR) is 145 cm³/mol. The molecule has 1 atom stereocenters. The summed E-state index contributed by atoms with van der Waals surface area (Å²) in [5.41, 5.74) is 3.13. The van der Waals surface area contributed by atoms with Gasteiger partial charge >= 0.3 is 5.97 Å². The molecule has 0 bridgehead atoms. The van der Waals surface area contributed by atoms with E-state index in [2.05, 4.69) is 25.8 Å². The molecule has 37 heavy (non-hydrogen) atoms. The van der Waals surface area contributed by atoms with Crippen LogP contribution in [0.2, 0.25) is 5.02 Å². The van der Waals surface area contributed by atoms with Crippen molar-refractivity contribution in [2.24, 2.45) is 5.92 Å². The third-order valence-electron chi connectivity index (χ3n) is 5.73. The number of carboxylic acid groups (broad SMARTS) is 1. The highest BCUT2D eigenvalue weighted by Gasteiger charge is 2.24. The molecule has 3 aromatic heterocycles. The summed E-state index contributed by atoms with van der Waals surface area (Å²) < 4.78 is 2.72. The topological polar surface area (TPSA) is 122 Å². The van der Waals surface area contributed by atoms with E-state index in [1.807, 2.05) is 56.3 Å². The molecule has 5 rings (SSSR count). The molecule has 0 spiro atoms. The Morgan fingerprint density at radius 1 is 1.11 bits per heavy atom. The predicted octanol–water partition coefficient (Wildman–Crippen LogP) is 5.63. The van der Waals surface area contributed by atoms with Gasteiger partial charge in [0, 0.05) is 22.5 Å². The molecule has 0 aliphatic rings. The van der Waals surface area contributed by atoms with Crippen molar-refractivity contribution in [3.63, 3.8) is 0 Å². The van der Waals surface area contributed by atoms with Gasteiger partial charge in [0.1, 0.15) is 6.04 Å². The zero-order valence-electron chi connectivity index (χ0n) is 20.0. The van der Waals surface area contributed by atoms with Crippen LogP contribution >= 0.6 is 22.9 Å². The lowest BCUT2D eigenvalue weighted by atomic mass is 10.0. The number of nitrogens with one attached hydrogen (secondary N) is 2. The van der Waals surface area contributed by atoms with Crippen LogP contribution in [-0.4, -0.2) is 42.6 Å². The number of thiazole rings is 1. The lowest BCUT2D eigenvalue weighted by Crippen LogP contribution is -2.41. The fourth-order valence-electron chi connectivity index (χ4n) is 4.00. The average molecular weight is 535 g/mol. The zero-order valence-corrected chi connectivity index (χ0v) is 21.5. The zero-order chi connectivity index (χ0) is 26.1. The molecule has 0 unspecified atom stereocenters. The molecule has 0 fully saturated rings. The second-order valence-corrected chi connectivity index (χ2v) is 10.4. The molecule has 3 N–H and O–H groups in total. The second-order valence-electron chi connectivity index (χ2n) is 8.97. The molecule has 2 aromatic carbocycles. The summed E-state index contributed by atoms with van der Waals surface area (Å²) in [4.78, 5) is 29.1. The Kier molecular flexibility index (Phi) is 6.77. The second kappa shape index (κ2) is 10.2. The lowest BCUT2D eigenvalue weighted by molar-refractivity contribution is -0.139. The van der Waals surface area contributed by atoms with Crippen molar-refractivity contribution in [1.82, 2.24) is 24.9 Å². The summed E-state index contributed by atoms with van der Waals surface area (Å²) in [6, 6.07) is 15.6. The van der Waals surface area contributed by atoms with E-state index < -0.39 is 17.9 Å². The van der Waals surface area contributed by atoms with Gasteiger partial charge in [0.05, 0.1) is 15.8 Å². The van der Waals surface area contributed by atoms with Crippen LogP contribution in [0.5, 0.6) is 0 Å². The van der Waals surface area contributed by atoms with Crippen molar-refractivity contribution in [3.8, 4) is 11.4 Å². The van der Waals surface area contributed by atoms with Gasteiger partial charge in [-0.25, -0.2) is 9.78 Å². The fourth-order valence-corrected chi connectivity index (χ4v) is 5.16. The van der Waals surface area contributed by atoms with E-state index in [0.29, 0.717) is 22.9 Å². The Balaban J connectivity index is 1.37. The highest BCUT2D eigenvalue weighted by Crippen LogP contribution is 2.31. The van der Waals surface area contributed by atoms with E-state index in [9.17, 15) is 14.7 Å². The Morgan fingerprint density at radius 3 is 2.62 bits per heavy atom. The number of aliphatic carboxylic acids is 1. The number of rotatable bonds is 8. The lowest BCUT2D eigenvalue weighted by Gasteiger charge is -2.16. The minimum atomic E-state index is -1.07. The van der Waals surface area contributed by atoms with Crippen molar-refractivity contribution in [3.05, 3.63) is 71.4 Å². The summed E-state index contributed by atoms with van der Waals surface area (Å²) in [5.74, 6) is -0.904. The SMILES string of the molecule is CC(C)C[C@H](NC(=O)c1cccn2c(-c3ccc(Nc4nc5ccc(Cl)cc5s4)cc3)nnc12)C(=O)O. The number of carboxylic acids is 1. The molecule has 1 amide bonds. The summed E-state index contributed by atoms with van der Waals surface area (Å²) >= 11 is 7.59. The monoisotopic (exact) mass is 534 g/mol. The van der Waals surface area contributed by atoms with Crippen LogP contribution in [0, 0.1) is 5.92 Å². The van der Waals surface area contributed by atoms with Gasteiger partial charge in [-0.15, -0.1) is 10.2 Å². The van der Waals surface area contributed by atoms with Gasteiger partial charge in [0.15, 0.2) is 16.6 Å². The first kappa shape index (κ1) is 24.7. The molecule has 9 nitrogen and oxygen atoms in total. The normalized spacial score (nSPS) is 12.2. The molecular formula is C26H23ClN6O3S. The number of hydrogen-bond donors (Lipinski definition) is 3. The van der Waals surface area contributed by atoms with Gasteiger partial charge in [-0.2, -0.15) is 0 Å². The van der Waals surface area contributed by atoms with E-state index in [1.165, 1.54) is 11.3 Å². The van der Waals surface area contributed by atoms with E-state index >= 15 is 0 Å². The van der Waals surface area contributed by atoms with Crippen LogP contribution < -0.4 is 10.6 Å². The number of carbonyl (C=O) groups is 2. The maximum Gasteiger partial charge on any atom is 0.326 e. The first-order valence-electron chi connectivity index (χ1n) is 11.6. The van der Waals surface area contributed by atoms with Crippen LogP contribution in [0.3, 0.4) is 0 Å². The van der Waals surface area contributed by atoms with Gasteiger partial charge in [0.2, 0.25) is 0 Å². The van der Waals surface area contributed by atoms with Crippen molar-refractivity contribution in [2.45, 2.75) is 26.3 Å². The maximum atomic E-state index is 12.9. The van der Waals surface area contributed by atoms with Gasteiger partial charge in [-0.05, 0) is 66.9 Å². The number of amides is 1. The molecule has 11 heteroatoms. The first-order valence-corrected chi connectivity index (χ1v) is 12.8. The van der Waals surface area contributed by atoms with Crippen LogP contribution in [-0.2, 0) is 4.79 Å². The summed E-state index contributed by atoms with van der Waals surface area (Å²) in [5, 5.41) is 25.3. The number of fused-ring (bicyclic) bond motifs is 2. The standard InChI is InChI=1S/C26H23ClN6O3S/c1-14(2)12-20(25(35)36)29-24(34)18-4-3-11-33-22(31-32-23(18)33)15-5-8-17(9-6-15)28-26-30-19-10-7-16(27)13-21(19)37-26/h3-11,13-14,20H,12H2,1-2H3,(H,28,30)(H,29,34)(H,35,36)/t20-/m0/s1. The summed E-state index contributed by atoms with van der Waals surface area (Å²) in [6.07, 6.45) is 2.09. The molecule has 3 heterocycles. The number of pyridine rings is 1. The molecular weight excluding hydrogens is 512 g/mol. The molecule has 0 radical (unpaired) electrons. The number of benzene rings is 2. The van der Waals surface area contributed by atoms with E-state index in [1.54, 1.807) is 22.7 Å². The van der Waals surface area contributed by atoms with E-state index in [-0.39, 0.29) is 11.5 Å². The average Bonchev–Trinajstić information content (AvgIpc) is 3.47. The maximum absolute atomic E-state index is 12.9. The first-order chi connectivity index (χ1) is 17.8. The Labute approximate surface area is 221 Å². The van der Waals surface area contributed by atoms with Crippen LogP contribution in [0.4, 0.5) is 10.8 Å². The van der Waals surface area contributed by atoms with Crippen molar-refractivity contribution >= 4 is 61.5 Å². The minimum Gasteiger partial charge on any atom is -0.480 e. The van der Waals surface area contributed by atoms with Gasteiger partial charge in [0.25, 0.3) is 5.91 Å². The quantitative estimate of drug-likeness (QED) is 0.236. The number of nitrogens with zero attached hydrogens (tertiary/aromatic N) is 4. The summed E-state index contributed by atoms with van der Waals surface area (Å²) in [6.45, 7) is 3.81. The van der Waals surface area contributed by atoms with Crippen molar-refractivity contribution in [2.75, 3.05) is 5.32 Å². The minimum absolute atomic E-state index is 0.113. The molecule has 0 aliphatic heterocycles. The number of halogens is 1. The fraction of sp³-hybridized carbons (Fsp3) is 0.192. The largest absolute Gasteiger partial charge is 0.480 e. The number of carbonyl (C=O) groups excluding carboxylic acids is 1. The van der Waals surface area contributed by atoms with Crippen LogP contribution in [0.15, 0.2) is 60.8 Å². The van der Waals surface area contributed by atoms with E-state index in [0.717, 1.165) is 26.6 Å². The number of hydrogen-bond acceptors (Lipinski definition) is 7. The van der Waals surface area contributed by atoms with Crippen molar-refractivity contribution < 1.29 is 14.7 Å². The molecule has 0 aliphatic carbocycles. The van der Waals surface area contributed by atoms with Gasteiger partial charge < -0.3 is 15.7 Å². The molecule has 188 valence electrons. The molecule has 0 saturated heterocycles. The third-order valence-corrected chi connectivity index (χ3v) is 6.90. The van der Waals surface area contributed by atoms with E-state index in [4.69, 9.17) is 11.6 Å². The summed E-state index contributed by atoms with van der Waals surface area (Å²) in [7, 11) is 0. The Bertz CT molecular complexity index is 1610. The highest BCUT2D eigenvalue weighted by atomic mass is 35.5. The Morgan fingerprint density at radius 2 is 1.89 bits per heavy atom. The smallest absolute Gasteiger partial charge is 0.326 e. The molecule has 0 saturated carbocycles. The van der Waals surface area contributed by atoms with Crippen LogP contribution in [0.25, 0.3) is 27.3 Å². The highest BCUT2D eigenvalue weighted by molar-refractivity contribution is 7.22. The number of aromatic nitrogens is 4. The van der Waals surface area contributed by atoms with Gasteiger partial charge in [-0.3, -0.25) is 9.20 Å². The third kappa shape index (κ3) is 5.25. The molecule has 5 aromatic rings. The number of anilines is 2. The van der Waals surface area contributed by atoms with Crippen LogP contribution in [0.1, 0.15) is 30.6 Å². The Hall–Kier alpha value is -4.02. The van der Waals surface area contributed by atoms with Crippen molar-refractivity contribution in [1.29, 1.82) is 0 Å². The van der Waals surface area contributed by atoms with Gasteiger partial charge in [-0.1, -0.05) is 36.8 Å².